The molecule has 0 aliphatic carbocycles. The van der Waals surface area contributed by atoms with E-state index in [1.807, 2.05) is 6.92 Å². The number of rotatable bonds is 4. The minimum absolute atomic E-state index is 0.0164. The van der Waals surface area contributed by atoms with Gasteiger partial charge < -0.3 is 5.32 Å². The molecule has 0 amide bonds. The first-order valence-corrected chi connectivity index (χ1v) is 8.01. The van der Waals surface area contributed by atoms with Crippen LogP contribution in [0.15, 0.2) is 42.5 Å². The van der Waals surface area contributed by atoms with Gasteiger partial charge in [0.15, 0.2) is 5.13 Å². The molecule has 0 aliphatic rings. The summed E-state index contributed by atoms with van der Waals surface area (Å²) in [6, 6.07) is 11.1. The van der Waals surface area contributed by atoms with Crippen LogP contribution in [-0.4, -0.2) is 9.91 Å². The maximum Gasteiger partial charge on any atom is 0.271 e. The number of aromatic nitrogens is 1. The predicted molar refractivity (Wildman–Crippen MR) is 93.4 cm³/mol. The van der Waals surface area contributed by atoms with Crippen LogP contribution in [0.1, 0.15) is 10.4 Å². The van der Waals surface area contributed by atoms with Gasteiger partial charge in [-0.15, -0.1) is 11.3 Å². The second-order valence-corrected chi connectivity index (χ2v) is 6.52. The number of nitrogens with zero attached hydrogens (tertiary/aromatic N) is 2. The molecule has 5 nitrogen and oxygen atoms in total. The molecule has 0 saturated heterocycles. The zero-order chi connectivity index (χ0) is 17.3. The number of hydrogen-bond acceptors (Lipinski definition) is 5. The second kappa shape index (κ2) is 6.37. The molecule has 3 aromatic rings. The molecule has 7 heteroatoms. The summed E-state index contributed by atoms with van der Waals surface area (Å²) in [7, 11) is 0. The molecular weight excluding hydrogens is 329 g/mol. The van der Waals surface area contributed by atoms with E-state index in [0.717, 1.165) is 16.1 Å². The molecule has 0 spiro atoms. The van der Waals surface area contributed by atoms with Crippen molar-refractivity contribution in [2.45, 2.75) is 13.8 Å². The number of hydrogen-bond donors (Lipinski definition) is 1. The average molecular weight is 343 g/mol. The number of halogens is 1. The SMILES string of the molecule is Cc1cc(-c2nc(Nc3cccc([N+](=O)[O-])c3)sc2C)ccc1F. The van der Waals surface area contributed by atoms with Gasteiger partial charge in [0.25, 0.3) is 5.69 Å². The fourth-order valence-electron chi connectivity index (χ4n) is 2.33. The van der Waals surface area contributed by atoms with Crippen LogP contribution >= 0.6 is 11.3 Å². The first-order chi connectivity index (χ1) is 11.4. The van der Waals surface area contributed by atoms with Gasteiger partial charge >= 0.3 is 0 Å². The van der Waals surface area contributed by atoms with Crippen LogP contribution in [0.3, 0.4) is 0 Å². The zero-order valence-electron chi connectivity index (χ0n) is 13.0. The molecule has 0 radical (unpaired) electrons. The molecule has 0 saturated carbocycles. The average Bonchev–Trinajstić information content (AvgIpc) is 2.90. The Morgan fingerprint density at radius 2 is 2.00 bits per heavy atom. The summed E-state index contributed by atoms with van der Waals surface area (Å²) >= 11 is 1.44. The van der Waals surface area contributed by atoms with Crippen molar-refractivity contribution in [1.29, 1.82) is 0 Å². The summed E-state index contributed by atoms with van der Waals surface area (Å²) in [5.74, 6) is -0.249. The molecule has 3 rings (SSSR count). The van der Waals surface area contributed by atoms with Crippen molar-refractivity contribution in [3.05, 3.63) is 68.8 Å². The van der Waals surface area contributed by atoms with Gasteiger partial charge in [-0.05, 0) is 43.7 Å². The summed E-state index contributed by atoms with van der Waals surface area (Å²) in [5.41, 5.74) is 2.79. The second-order valence-electron chi connectivity index (χ2n) is 5.32. The van der Waals surface area contributed by atoms with E-state index in [9.17, 15) is 14.5 Å². The molecule has 0 atom stereocenters. The van der Waals surface area contributed by atoms with E-state index in [1.54, 1.807) is 31.2 Å². The largest absolute Gasteiger partial charge is 0.331 e. The van der Waals surface area contributed by atoms with E-state index in [0.29, 0.717) is 16.4 Å². The van der Waals surface area contributed by atoms with Crippen LogP contribution < -0.4 is 5.32 Å². The highest BCUT2D eigenvalue weighted by atomic mass is 32.1. The molecule has 0 bridgehead atoms. The summed E-state index contributed by atoms with van der Waals surface area (Å²) < 4.78 is 13.4. The molecule has 0 fully saturated rings. The first kappa shape index (κ1) is 16.1. The number of nitro benzene ring substituents is 1. The third-order valence-corrected chi connectivity index (χ3v) is 4.42. The molecular formula is C17H14FN3O2S. The lowest BCUT2D eigenvalue weighted by molar-refractivity contribution is -0.384. The Morgan fingerprint density at radius 1 is 1.21 bits per heavy atom. The summed E-state index contributed by atoms with van der Waals surface area (Å²) in [5, 5.41) is 14.6. The highest BCUT2D eigenvalue weighted by molar-refractivity contribution is 7.16. The number of nitrogens with one attached hydrogen (secondary N) is 1. The van der Waals surface area contributed by atoms with Crippen molar-refractivity contribution in [2.75, 3.05) is 5.32 Å². The van der Waals surface area contributed by atoms with Gasteiger partial charge in [0, 0.05) is 28.3 Å². The Hall–Kier alpha value is -2.80. The lowest BCUT2D eigenvalue weighted by Crippen LogP contribution is -1.92. The van der Waals surface area contributed by atoms with Gasteiger partial charge in [-0.25, -0.2) is 9.37 Å². The van der Waals surface area contributed by atoms with Gasteiger partial charge in [-0.3, -0.25) is 10.1 Å². The van der Waals surface area contributed by atoms with Crippen molar-refractivity contribution in [3.63, 3.8) is 0 Å². The fraction of sp³-hybridized carbons (Fsp3) is 0.118. The minimum Gasteiger partial charge on any atom is -0.331 e. The number of non-ortho nitro benzene ring substituents is 1. The first-order valence-electron chi connectivity index (χ1n) is 7.19. The zero-order valence-corrected chi connectivity index (χ0v) is 13.9. The molecule has 24 heavy (non-hydrogen) atoms. The Labute approximate surface area is 142 Å². The van der Waals surface area contributed by atoms with E-state index in [2.05, 4.69) is 10.3 Å². The van der Waals surface area contributed by atoms with E-state index in [1.165, 1.54) is 29.5 Å². The highest BCUT2D eigenvalue weighted by Gasteiger charge is 2.12. The molecule has 1 heterocycles. The minimum atomic E-state index is -0.439. The van der Waals surface area contributed by atoms with Gasteiger partial charge in [0.05, 0.1) is 10.6 Å². The van der Waals surface area contributed by atoms with E-state index < -0.39 is 4.92 Å². The molecule has 122 valence electrons. The lowest BCUT2D eigenvalue weighted by atomic mass is 10.1. The number of benzene rings is 2. The van der Waals surface area contributed by atoms with Crippen LogP contribution in [0.25, 0.3) is 11.3 Å². The Bertz CT molecular complexity index is 924. The topological polar surface area (TPSA) is 68.1 Å². The van der Waals surface area contributed by atoms with E-state index >= 15 is 0 Å². The van der Waals surface area contributed by atoms with Crippen molar-refractivity contribution < 1.29 is 9.31 Å². The van der Waals surface area contributed by atoms with Crippen LogP contribution in [0, 0.1) is 29.8 Å². The van der Waals surface area contributed by atoms with Crippen LogP contribution in [-0.2, 0) is 0 Å². The van der Waals surface area contributed by atoms with Crippen molar-refractivity contribution in [3.8, 4) is 11.3 Å². The van der Waals surface area contributed by atoms with Crippen molar-refractivity contribution >= 4 is 27.8 Å². The molecule has 2 aromatic carbocycles. The van der Waals surface area contributed by atoms with Gasteiger partial charge in [0.1, 0.15) is 5.82 Å². The summed E-state index contributed by atoms with van der Waals surface area (Å²) in [6.45, 7) is 3.65. The smallest absolute Gasteiger partial charge is 0.271 e. The molecule has 0 unspecified atom stereocenters. The normalized spacial score (nSPS) is 10.6. The molecule has 1 N–H and O–H groups in total. The quantitative estimate of drug-likeness (QED) is 0.521. The molecule has 1 aromatic heterocycles. The van der Waals surface area contributed by atoms with Crippen LogP contribution in [0.4, 0.5) is 20.9 Å². The molecule has 0 aliphatic heterocycles. The lowest BCUT2D eigenvalue weighted by Gasteiger charge is -2.03. The predicted octanol–water partition coefficient (Wildman–Crippen LogP) is 5.22. The van der Waals surface area contributed by atoms with Crippen molar-refractivity contribution in [1.82, 2.24) is 4.98 Å². The summed E-state index contributed by atoms with van der Waals surface area (Å²) in [4.78, 5) is 15.9. The Morgan fingerprint density at radius 3 is 2.71 bits per heavy atom. The maximum absolute atomic E-state index is 13.4. The third-order valence-electron chi connectivity index (χ3n) is 3.54. The van der Waals surface area contributed by atoms with Gasteiger partial charge in [0.2, 0.25) is 0 Å². The summed E-state index contributed by atoms with van der Waals surface area (Å²) in [6.07, 6.45) is 0. The highest BCUT2D eigenvalue weighted by Crippen LogP contribution is 2.33. The number of anilines is 2. The van der Waals surface area contributed by atoms with Gasteiger partial charge in [-0.1, -0.05) is 6.07 Å². The maximum atomic E-state index is 13.4. The third kappa shape index (κ3) is 3.26. The van der Waals surface area contributed by atoms with E-state index in [-0.39, 0.29) is 11.5 Å². The fourth-order valence-corrected chi connectivity index (χ4v) is 3.19. The number of aryl methyl sites for hydroxylation is 2. The van der Waals surface area contributed by atoms with E-state index in [4.69, 9.17) is 0 Å². The Balaban J connectivity index is 1.90. The Kier molecular flexibility index (Phi) is 4.26. The monoisotopic (exact) mass is 343 g/mol. The number of nitro groups is 1. The number of thiazole rings is 1. The standard InChI is InChI=1S/C17H14FN3O2S/c1-10-8-12(6-7-15(10)18)16-11(2)24-17(20-16)19-13-4-3-5-14(9-13)21(22)23/h3-9H,1-2H3,(H,19,20). The van der Waals surface area contributed by atoms with Crippen LogP contribution in [0.2, 0.25) is 0 Å². The van der Waals surface area contributed by atoms with Crippen LogP contribution in [0.5, 0.6) is 0 Å². The van der Waals surface area contributed by atoms with Gasteiger partial charge in [-0.2, -0.15) is 0 Å². The van der Waals surface area contributed by atoms with Crippen molar-refractivity contribution in [2.24, 2.45) is 0 Å².